The van der Waals surface area contributed by atoms with Gasteiger partial charge in [0, 0.05) is 28.5 Å². The molecule has 2 N–H and O–H groups in total. The van der Waals surface area contributed by atoms with Gasteiger partial charge >= 0.3 is 0 Å². The Labute approximate surface area is 152 Å². The predicted molar refractivity (Wildman–Crippen MR) is 109 cm³/mol. The number of phenolic OH excluding ortho intramolecular Hbond substituents is 1. The van der Waals surface area contributed by atoms with E-state index in [0.29, 0.717) is 5.56 Å². The standard InChI is InChI=1S/C23H18N2O/c26-23-18(11-10-17-6-4-5-9-22(17)23)16-24-19-12-14-21(15-13-19)25-20-7-2-1-3-8-20/h1-16,25-26H. The van der Waals surface area contributed by atoms with Crippen LogP contribution in [0.4, 0.5) is 17.1 Å². The van der Waals surface area contributed by atoms with Crippen molar-refractivity contribution in [3.8, 4) is 5.75 Å². The third kappa shape index (κ3) is 3.42. The first-order valence-corrected chi connectivity index (χ1v) is 8.46. The van der Waals surface area contributed by atoms with Crippen molar-refractivity contribution in [2.45, 2.75) is 0 Å². The predicted octanol–water partition coefficient (Wildman–Crippen LogP) is 6.04. The molecule has 0 heterocycles. The van der Waals surface area contributed by atoms with Gasteiger partial charge in [-0.15, -0.1) is 0 Å². The molecule has 0 aliphatic carbocycles. The molecule has 126 valence electrons. The molecular weight excluding hydrogens is 320 g/mol. The molecule has 0 saturated heterocycles. The van der Waals surface area contributed by atoms with E-state index in [1.165, 1.54) is 0 Å². The van der Waals surface area contributed by atoms with Crippen LogP contribution in [0.15, 0.2) is 96.0 Å². The topological polar surface area (TPSA) is 44.6 Å². The summed E-state index contributed by atoms with van der Waals surface area (Å²) in [6.07, 6.45) is 1.70. The molecule has 0 amide bonds. The molecule has 0 radical (unpaired) electrons. The van der Waals surface area contributed by atoms with Crippen molar-refractivity contribution < 1.29 is 5.11 Å². The summed E-state index contributed by atoms with van der Waals surface area (Å²) in [4.78, 5) is 4.48. The van der Waals surface area contributed by atoms with Crippen LogP contribution >= 0.6 is 0 Å². The van der Waals surface area contributed by atoms with E-state index in [1.54, 1.807) is 6.21 Å². The number of aromatic hydroxyl groups is 1. The Morgan fingerprint density at radius 3 is 2.19 bits per heavy atom. The van der Waals surface area contributed by atoms with E-state index in [2.05, 4.69) is 10.3 Å². The summed E-state index contributed by atoms with van der Waals surface area (Å²) in [5.41, 5.74) is 3.58. The zero-order valence-corrected chi connectivity index (χ0v) is 14.1. The zero-order chi connectivity index (χ0) is 17.8. The van der Waals surface area contributed by atoms with Crippen molar-refractivity contribution in [2.24, 2.45) is 4.99 Å². The zero-order valence-electron chi connectivity index (χ0n) is 14.1. The van der Waals surface area contributed by atoms with Crippen LogP contribution in [0.5, 0.6) is 5.75 Å². The molecule has 0 bridgehead atoms. The Bertz CT molecular complexity index is 1050. The lowest BCUT2D eigenvalue weighted by Crippen LogP contribution is -1.88. The van der Waals surface area contributed by atoms with Gasteiger partial charge < -0.3 is 10.4 Å². The Hall–Kier alpha value is -3.59. The SMILES string of the molecule is Oc1c(C=Nc2ccc(Nc3ccccc3)cc2)ccc2ccccc12. The molecular formula is C23H18N2O. The van der Waals surface area contributed by atoms with E-state index in [-0.39, 0.29) is 5.75 Å². The number of hydrogen-bond donors (Lipinski definition) is 2. The van der Waals surface area contributed by atoms with Gasteiger partial charge in [0.05, 0.1) is 5.69 Å². The molecule has 0 atom stereocenters. The van der Waals surface area contributed by atoms with Gasteiger partial charge in [0.25, 0.3) is 0 Å². The van der Waals surface area contributed by atoms with Crippen LogP contribution in [0.3, 0.4) is 0 Å². The van der Waals surface area contributed by atoms with Gasteiger partial charge in [-0.2, -0.15) is 0 Å². The van der Waals surface area contributed by atoms with E-state index in [4.69, 9.17) is 0 Å². The highest BCUT2D eigenvalue weighted by Gasteiger charge is 2.03. The second-order valence-electron chi connectivity index (χ2n) is 6.02. The summed E-state index contributed by atoms with van der Waals surface area (Å²) in [7, 11) is 0. The molecule has 3 nitrogen and oxygen atoms in total. The van der Waals surface area contributed by atoms with Gasteiger partial charge in [0.1, 0.15) is 5.75 Å². The summed E-state index contributed by atoms with van der Waals surface area (Å²) in [5.74, 6) is 0.259. The van der Waals surface area contributed by atoms with Crippen molar-refractivity contribution in [1.29, 1.82) is 0 Å². The van der Waals surface area contributed by atoms with E-state index >= 15 is 0 Å². The minimum atomic E-state index is 0.259. The summed E-state index contributed by atoms with van der Waals surface area (Å²) in [6, 6.07) is 29.5. The van der Waals surface area contributed by atoms with Crippen LogP contribution in [0, 0.1) is 0 Å². The van der Waals surface area contributed by atoms with Crippen molar-refractivity contribution >= 4 is 34.0 Å². The number of aliphatic imine (C=N–C) groups is 1. The molecule has 4 rings (SSSR count). The lowest BCUT2D eigenvalue weighted by Gasteiger charge is -2.06. The number of fused-ring (bicyclic) bond motifs is 1. The van der Waals surface area contributed by atoms with Crippen LogP contribution in [0.2, 0.25) is 0 Å². The van der Waals surface area contributed by atoms with Gasteiger partial charge in [0.15, 0.2) is 0 Å². The molecule has 4 aromatic rings. The summed E-state index contributed by atoms with van der Waals surface area (Å²) < 4.78 is 0. The second kappa shape index (κ2) is 7.11. The molecule has 4 aromatic carbocycles. The molecule has 0 aliphatic rings. The Morgan fingerprint density at radius 2 is 1.38 bits per heavy atom. The van der Waals surface area contributed by atoms with E-state index in [9.17, 15) is 5.11 Å². The van der Waals surface area contributed by atoms with Gasteiger partial charge in [-0.3, -0.25) is 4.99 Å². The quantitative estimate of drug-likeness (QED) is 0.446. The second-order valence-corrected chi connectivity index (χ2v) is 6.02. The highest BCUT2D eigenvalue weighted by Crippen LogP contribution is 2.28. The fourth-order valence-corrected chi connectivity index (χ4v) is 2.84. The smallest absolute Gasteiger partial charge is 0.132 e. The number of anilines is 2. The number of nitrogens with one attached hydrogen (secondary N) is 1. The first kappa shape index (κ1) is 15.9. The number of rotatable bonds is 4. The van der Waals surface area contributed by atoms with Crippen molar-refractivity contribution in [3.63, 3.8) is 0 Å². The Balaban J connectivity index is 1.53. The third-order valence-electron chi connectivity index (χ3n) is 4.21. The number of para-hydroxylation sites is 1. The van der Waals surface area contributed by atoms with Crippen LogP contribution < -0.4 is 5.32 Å². The number of hydrogen-bond acceptors (Lipinski definition) is 3. The van der Waals surface area contributed by atoms with E-state index in [0.717, 1.165) is 27.8 Å². The first-order chi connectivity index (χ1) is 12.8. The third-order valence-corrected chi connectivity index (χ3v) is 4.21. The number of benzene rings is 4. The molecule has 0 fully saturated rings. The van der Waals surface area contributed by atoms with Crippen LogP contribution in [-0.2, 0) is 0 Å². The minimum absolute atomic E-state index is 0.259. The van der Waals surface area contributed by atoms with Gasteiger partial charge in [-0.25, -0.2) is 0 Å². The number of phenols is 1. The fraction of sp³-hybridized carbons (Fsp3) is 0. The molecule has 0 aliphatic heterocycles. The van der Waals surface area contributed by atoms with Gasteiger partial charge in [-0.05, 0) is 47.9 Å². The summed E-state index contributed by atoms with van der Waals surface area (Å²) >= 11 is 0. The molecule has 3 heteroatoms. The molecule has 0 saturated carbocycles. The largest absolute Gasteiger partial charge is 0.507 e. The van der Waals surface area contributed by atoms with E-state index < -0.39 is 0 Å². The molecule has 0 unspecified atom stereocenters. The maximum atomic E-state index is 10.4. The average Bonchev–Trinajstić information content (AvgIpc) is 2.70. The lowest BCUT2D eigenvalue weighted by molar-refractivity contribution is 0.481. The van der Waals surface area contributed by atoms with Crippen LogP contribution in [0.1, 0.15) is 5.56 Å². The Morgan fingerprint density at radius 1 is 0.692 bits per heavy atom. The van der Waals surface area contributed by atoms with E-state index in [1.807, 2.05) is 91.0 Å². The molecule has 26 heavy (non-hydrogen) atoms. The summed E-state index contributed by atoms with van der Waals surface area (Å²) in [6.45, 7) is 0. The van der Waals surface area contributed by atoms with Gasteiger partial charge in [0.2, 0.25) is 0 Å². The van der Waals surface area contributed by atoms with Gasteiger partial charge in [-0.1, -0.05) is 48.5 Å². The summed E-state index contributed by atoms with van der Waals surface area (Å²) in [5, 5.41) is 15.6. The normalized spacial score (nSPS) is 11.1. The monoisotopic (exact) mass is 338 g/mol. The molecule has 0 aromatic heterocycles. The highest BCUT2D eigenvalue weighted by molar-refractivity contribution is 5.97. The Kier molecular flexibility index (Phi) is 4.35. The van der Waals surface area contributed by atoms with Crippen LogP contribution in [0.25, 0.3) is 10.8 Å². The van der Waals surface area contributed by atoms with Crippen LogP contribution in [-0.4, -0.2) is 11.3 Å². The lowest BCUT2D eigenvalue weighted by atomic mass is 10.1. The molecule has 0 spiro atoms. The average molecular weight is 338 g/mol. The first-order valence-electron chi connectivity index (χ1n) is 8.46. The minimum Gasteiger partial charge on any atom is -0.507 e. The highest BCUT2D eigenvalue weighted by atomic mass is 16.3. The van der Waals surface area contributed by atoms with Crippen molar-refractivity contribution in [3.05, 3.63) is 96.6 Å². The van der Waals surface area contributed by atoms with Crippen molar-refractivity contribution in [2.75, 3.05) is 5.32 Å². The number of nitrogens with zero attached hydrogens (tertiary/aromatic N) is 1. The fourth-order valence-electron chi connectivity index (χ4n) is 2.84. The maximum Gasteiger partial charge on any atom is 0.132 e. The maximum absolute atomic E-state index is 10.4. The van der Waals surface area contributed by atoms with Crippen molar-refractivity contribution in [1.82, 2.24) is 0 Å².